The molecule has 3 nitrogen and oxygen atoms in total. The summed E-state index contributed by atoms with van der Waals surface area (Å²) in [5.74, 6) is -0.977. The van der Waals surface area contributed by atoms with Gasteiger partial charge in [0.1, 0.15) is 0 Å². The van der Waals surface area contributed by atoms with Crippen LogP contribution in [0.3, 0.4) is 0 Å². The average Bonchev–Trinajstić information content (AvgIpc) is 2.25. The zero-order valence-corrected chi connectivity index (χ0v) is 10.2. The fourth-order valence-corrected chi connectivity index (χ4v) is 2.01. The quantitative estimate of drug-likeness (QED) is 0.618. The number of cyclic esters (lactones) is 2. The molecule has 1 fully saturated rings. The molecule has 1 saturated heterocycles. The first-order valence-electron chi connectivity index (χ1n) is 5.14. The van der Waals surface area contributed by atoms with Crippen LogP contribution in [-0.4, -0.2) is 11.9 Å². The van der Waals surface area contributed by atoms with Crippen LogP contribution in [0.25, 0.3) is 0 Å². The molecule has 1 aromatic rings. The summed E-state index contributed by atoms with van der Waals surface area (Å²) in [6.07, 6.45) is 1.57. The van der Waals surface area contributed by atoms with E-state index in [1.54, 1.807) is 0 Å². The Morgan fingerprint density at radius 3 is 2.56 bits per heavy atom. The Balaban J connectivity index is 2.02. The van der Waals surface area contributed by atoms with E-state index in [1.807, 2.05) is 24.3 Å². The summed E-state index contributed by atoms with van der Waals surface area (Å²) in [6, 6.07) is 7.81. The van der Waals surface area contributed by atoms with Crippen LogP contribution in [0.1, 0.15) is 18.4 Å². The van der Waals surface area contributed by atoms with Crippen LogP contribution in [0.2, 0.25) is 0 Å². The Kier molecular flexibility index (Phi) is 3.39. The monoisotopic (exact) mass is 282 g/mol. The smallest absolute Gasteiger partial charge is 0.316 e. The Bertz CT molecular complexity index is 411. The fourth-order valence-electron chi connectivity index (χ4n) is 1.75. The third-order valence-electron chi connectivity index (χ3n) is 2.64. The molecule has 1 heterocycles. The summed E-state index contributed by atoms with van der Waals surface area (Å²) in [6.45, 7) is 0. The Hall–Kier alpha value is -1.16. The number of hydrogen-bond acceptors (Lipinski definition) is 3. The van der Waals surface area contributed by atoms with Gasteiger partial charge in [-0.05, 0) is 30.5 Å². The number of rotatable bonds is 2. The van der Waals surface area contributed by atoms with Gasteiger partial charge < -0.3 is 4.74 Å². The van der Waals surface area contributed by atoms with Crippen LogP contribution in [-0.2, 0) is 20.7 Å². The lowest BCUT2D eigenvalue weighted by Gasteiger charge is -2.19. The van der Waals surface area contributed by atoms with Crippen molar-refractivity contribution in [3.05, 3.63) is 34.3 Å². The van der Waals surface area contributed by atoms with Gasteiger partial charge in [-0.15, -0.1) is 0 Å². The van der Waals surface area contributed by atoms with E-state index in [9.17, 15) is 9.59 Å². The second kappa shape index (κ2) is 4.78. The average molecular weight is 283 g/mol. The van der Waals surface area contributed by atoms with Gasteiger partial charge in [-0.25, -0.2) is 0 Å². The van der Waals surface area contributed by atoms with Crippen molar-refractivity contribution < 1.29 is 14.3 Å². The van der Waals surface area contributed by atoms with Gasteiger partial charge >= 0.3 is 11.9 Å². The molecule has 1 aliphatic heterocycles. The van der Waals surface area contributed by atoms with Crippen LogP contribution in [0.5, 0.6) is 0 Å². The number of benzene rings is 1. The molecule has 0 N–H and O–H groups in total. The van der Waals surface area contributed by atoms with Crippen molar-refractivity contribution >= 4 is 27.9 Å². The van der Waals surface area contributed by atoms with Gasteiger partial charge in [-0.2, -0.15) is 0 Å². The Morgan fingerprint density at radius 2 is 1.94 bits per heavy atom. The van der Waals surface area contributed by atoms with Crippen LogP contribution in [0, 0.1) is 5.92 Å². The number of esters is 2. The molecule has 0 aromatic heterocycles. The predicted molar refractivity (Wildman–Crippen MR) is 61.7 cm³/mol. The first-order chi connectivity index (χ1) is 7.65. The third-order valence-corrected chi connectivity index (χ3v) is 3.17. The van der Waals surface area contributed by atoms with E-state index in [0.717, 1.165) is 10.0 Å². The van der Waals surface area contributed by atoms with Crippen molar-refractivity contribution in [2.75, 3.05) is 0 Å². The maximum Gasteiger partial charge on any atom is 0.316 e. The topological polar surface area (TPSA) is 43.4 Å². The lowest BCUT2D eigenvalue weighted by Crippen LogP contribution is -2.29. The SMILES string of the molecule is O=C1CCC(Cc2ccc(Br)cc2)C(=O)O1. The van der Waals surface area contributed by atoms with Crippen molar-refractivity contribution in [2.24, 2.45) is 5.92 Å². The number of ether oxygens (including phenoxy) is 1. The number of carbonyl (C=O) groups excluding carboxylic acids is 2. The first kappa shape index (κ1) is 11.3. The molecule has 0 aliphatic carbocycles. The van der Waals surface area contributed by atoms with E-state index >= 15 is 0 Å². The van der Waals surface area contributed by atoms with Gasteiger partial charge in [0.15, 0.2) is 0 Å². The van der Waals surface area contributed by atoms with Crippen LogP contribution in [0.4, 0.5) is 0 Å². The van der Waals surface area contributed by atoms with Crippen molar-refractivity contribution in [2.45, 2.75) is 19.3 Å². The highest BCUT2D eigenvalue weighted by atomic mass is 79.9. The highest BCUT2D eigenvalue weighted by Gasteiger charge is 2.28. The van der Waals surface area contributed by atoms with Gasteiger partial charge in [-0.3, -0.25) is 9.59 Å². The lowest BCUT2D eigenvalue weighted by molar-refractivity contribution is -0.167. The van der Waals surface area contributed by atoms with E-state index in [1.165, 1.54) is 0 Å². The molecule has 0 radical (unpaired) electrons. The number of hydrogen-bond donors (Lipinski definition) is 0. The Morgan fingerprint density at radius 1 is 1.25 bits per heavy atom. The second-order valence-electron chi connectivity index (χ2n) is 3.86. The summed E-state index contributed by atoms with van der Waals surface area (Å²) in [5, 5.41) is 0. The molecule has 0 amide bonds. The van der Waals surface area contributed by atoms with Crippen molar-refractivity contribution in [3.8, 4) is 0 Å². The van der Waals surface area contributed by atoms with E-state index in [4.69, 9.17) is 0 Å². The minimum Gasteiger partial charge on any atom is -0.393 e. The first-order valence-corrected chi connectivity index (χ1v) is 5.93. The molecular weight excluding hydrogens is 272 g/mol. The van der Waals surface area contributed by atoms with Crippen LogP contribution in [0.15, 0.2) is 28.7 Å². The van der Waals surface area contributed by atoms with Gasteiger partial charge in [0.25, 0.3) is 0 Å². The molecular formula is C12H11BrO3. The molecule has 0 bridgehead atoms. The normalized spacial score (nSPS) is 20.7. The largest absolute Gasteiger partial charge is 0.393 e. The molecule has 84 valence electrons. The highest BCUT2D eigenvalue weighted by molar-refractivity contribution is 9.10. The molecule has 1 aliphatic rings. The van der Waals surface area contributed by atoms with Gasteiger partial charge in [0.2, 0.25) is 0 Å². The highest BCUT2D eigenvalue weighted by Crippen LogP contribution is 2.21. The molecule has 1 unspecified atom stereocenters. The molecule has 1 aromatic carbocycles. The summed E-state index contributed by atoms with van der Waals surface area (Å²) in [5.41, 5.74) is 1.08. The molecule has 0 spiro atoms. The maximum absolute atomic E-state index is 11.4. The van der Waals surface area contributed by atoms with E-state index in [2.05, 4.69) is 20.7 Å². The van der Waals surface area contributed by atoms with Crippen LogP contribution < -0.4 is 0 Å². The standard InChI is InChI=1S/C12H11BrO3/c13-10-4-1-8(2-5-10)7-9-3-6-11(14)16-12(9)15/h1-2,4-5,9H,3,6-7H2. The van der Waals surface area contributed by atoms with E-state index in [0.29, 0.717) is 19.3 Å². The minimum absolute atomic E-state index is 0.182. The molecule has 16 heavy (non-hydrogen) atoms. The van der Waals surface area contributed by atoms with Crippen molar-refractivity contribution in [3.63, 3.8) is 0 Å². The Labute approximate surface area is 102 Å². The summed E-state index contributed by atoms with van der Waals surface area (Å²) in [4.78, 5) is 22.3. The lowest BCUT2D eigenvalue weighted by atomic mass is 9.93. The third kappa shape index (κ3) is 2.70. The zero-order chi connectivity index (χ0) is 11.5. The summed E-state index contributed by atoms with van der Waals surface area (Å²) >= 11 is 3.35. The fraction of sp³-hybridized carbons (Fsp3) is 0.333. The number of carbonyl (C=O) groups is 2. The van der Waals surface area contributed by atoms with E-state index < -0.39 is 5.97 Å². The van der Waals surface area contributed by atoms with Crippen molar-refractivity contribution in [1.29, 1.82) is 0 Å². The molecule has 4 heteroatoms. The summed E-state index contributed by atoms with van der Waals surface area (Å²) in [7, 11) is 0. The predicted octanol–water partition coefficient (Wildman–Crippen LogP) is 2.47. The summed E-state index contributed by atoms with van der Waals surface area (Å²) < 4.78 is 5.62. The van der Waals surface area contributed by atoms with Gasteiger partial charge in [0.05, 0.1) is 5.92 Å². The minimum atomic E-state index is -0.406. The number of halogens is 1. The zero-order valence-electron chi connectivity index (χ0n) is 8.61. The molecule has 0 saturated carbocycles. The van der Waals surface area contributed by atoms with Gasteiger partial charge in [0, 0.05) is 10.9 Å². The van der Waals surface area contributed by atoms with Crippen molar-refractivity contribution in [1.82, 2.24) is 0 Å². The van der Waals surface area contributed by atoms with Crippen LogP contribution >= 0.6 is 15.9 Å². The van der Waals surface area contributed by atoms with E-state index in [-0.39, 0.29) is 11.9 Å². The van der Waals surface area contributed by atoms with Gasteiger partial charge in [-0.1, -0.05) is 28.1 Å². The molecule has 1 atom stereocenters. The second-order valence-corrected chi connectivity index (χ2v) is 4.77. The molecule has 2 rings (SSSR count). The maximum atomic E-state index is 11.4.